The van der Waals surface area contributed by atoms with Crippen molar-refractivity contribution in [3.63, 3.8) is 0 Å². The number of hydrogen-bond donors (Lipinski definition) is 0. The van der Waals surface area contributed by atoms with Crippen molar-refractivity contribution in [2.24, 2.45) is 0 Å². The van der Waals surface area contributed by atoms with E-state index in [1.54, 1.807) is 0 Å². The highest BCUT2D eigenvalue weighted by molar-refractivity contribution is 6.06. The average Bonchev–Trinajstić information content (AvgIpc) is 3.30. The van der Waals surface area contributed by atoms with Gasteiger partial charge < -0.3 is 14.5 Å². The highest BCUT2D eigenvalue weighted by Crippen LogP contribution is 2.32. The van der Waals surface area contributed by atoms with Crippen LogP contribution in [0.5, 0.6) is 0 Å². The van der Waals surface area contributed by atoms with Gasteiger partial charge in [0, 0.05) is 42.2 Å². The van der Waals surface area contributed by atoms with Crippen LogP contribution < -0.4 is 0 Å². The molecule has 0 unspecified atom stereocenters. The number of morpholine rings is 1. The standard InChI is InChI=1S/C31H31N5O2/c1-21-28-19-32-29-12-11-24(23-9-7-22(8-10-23)20-34(2)3)18-27(29)30(28)36(33-21)26-6-4-5-25(17-26)31(37)35-13-15-38-16-14-35/h4-12,17-19H,13-16,20H2,1-3H3. The maximum atomic E-state index is 13.2. The van der Waals surface area contributed by atoms with Gasteiger partial charge in [-0.15, -0.1) is 0 Å². The van der Waals surface area contributed by atoms with Gasteiger partial charge >= 0.3 is 0 Å². The third kappa shape index (κ3) is 4.55. The van der Waals surface area contributed by atoms with Crippen molar-refractivity contribution in [1.82, 2.24) is 24.6 Å². The molecule has 38 heavy (non-hydrogen) atoms. The van der Waals surface area contributed by atoms with E-state index in [9.17, 15) is 4.79 Å². The Morgan fingerprint density at radius 2 is 1.71 bits per heavy atom. The number of benzene rings is 3. The third-order valence-electron chi connectivity index (χ3n) is 7.11. The fraction of sp³-hybridized carbons (Fsp3) is 0.258. The predicted octanol–water partition coefficient (Wildman–Crippen LogP) is 5.08. The van der Waals surface area contributed by atoms with Gasteiger partial charge in [-0.05, 0) is 68.0 Å². The molecule has 0 spiro atoms. The van der Waals surface area contributed by atoms with Gasteiger partial charge in [0.15, 0.2) is 0 Å². The van der Waals surface area contributed by atoms with Crippen LogP contribution in [-0.2, 0) is 11.3 Å². The molecular formula is C31H31N5O2. The predicted molar refractivity (Wildman–Crippen MR) is 151 cm³/mol. The molecule has 7 nitrogen and oxygen atoms in total. The average molecular weight is 506 g/mol. The minimum atomic E-state index is 0.0230. The molecule has 7 heteroatoms. The van der Waals surface area contributed by atoms with Crippen molar-refractivity contribution in [1.29, 1.82) is 0 Å². The summed E-state index contributed by atoms with van der Waals surface area (Å²) in [6, 6.07) is 22.9. The van der Waals surface area contributed by atoms with Gasteiger partial charge in [0.05, 0.1) is 35.6 Å². The van der Waals surface area contributed by atoms with Crippen molar-refractivity contribution in [3.8, 4) is 16.8 Å². The van der Waals surface area contributed by atoms with E-state index in [2.05, 4.69) is 61.5 Å². The Hall–Kier alpha value is -4.07. The molecule has 192 valence electrons. The fourth-order valence-corrected chi connectivity index (χ4v) is 5.18. The van der Waals surface area contributed by atoms with Crippen molar-refractivity contribution in [2.75, 3.05) is 40.4 Å². The summed E-state index contributed by atoms with van der Waals surface area (Å²) < 4.78 is 7.37. The second-order valence-electron chi connectivity index (χ2n) is 10.1. The van der Waals surface area contributed by atoms with Crippen LogP contribution in [0.4, 0.5) is 0 Å². The normalized spacial score (nSPS) is 14.1. The number of aryl methyl sites for hydroxylation is 1. The van der Waals surface area contributed by atoms with Crippen molar-refractivity contribution in [3.05, 3.63) is 89.7 Å². The van der Waals surface area contributed by atoms with E-state index in [0.717, 1.165) is 50.9 Å². The molecule has 5 aromatic rings. The van der Waals surface area contributed by atoms with Gasteiger partial charge in [-0.2, -0.15) is 5.10 Å². The van der Waals surface area contributed by atoms with Crippen molar-refractivity contribution < 1.29 is 9.53 Å². The van der Waals surface area contributed by atoms with E-state index in [0.29, 0.717) is 31.9 Å². The number of amides is 1. The lowest BCUT2D eigenvalue weighted by Gasteiger charge is -2.27. The Bertz CT molecular complexity index is 1630. The summed E-state index contributed by atoms with van der Waals surface area (Å²) >= 11 is 0. The minimum absolute atomic E-state index is 0.0230. The zero-order valence-corrected chi connectivity index (χ0v) is 22.0. The Labute approximate surface area is 222 Å². The second-order valence-corrected chi connectivity index (χ2v) is 10.1. The quantitative estimate of drug-likeness (QED) is 0.333. The van der Waals surface area contributed by atoms with Crippen molar-refractivity contribution >= 4 is 27.7 Å². The highest BCUT2D eigenvalue weighted by Gasteiger charge is 2.20. The number of carbonyl (C=O) groups excluding carboxylic acids is 1. The lowest BCUT2D eigenvalue weighted by Crippen LogP contribution is -2.40. The van der Waals surface area contributed by atoms with Gasteiger partial charge in [-0.1, -0.05) is 36.4 Å². The maximum Gasteiger partial charge on any atom is 0.254 e. The molecule has 0 atom stereocenters. The summed E-state index contributed by atoms with van der Waals surface area (Å²) in [6.45, 7) is 5.29. The number of carbonyl (C=O) groups is 1. The molecule has 0 bridgehead atoms. The van der Waals surface area contributed by atoms with E-state index in [1.165, 1.54) is 5.56 Å². The topological polar surface area (TPSA) is 63.5 Å². The number of aromatic nitrogens is 3. The van der Waals surface area contributed by atoms with Crippen molar-refractivity contribution in [2.45, 2.75) is 13.5 Å². The molecule has 0 saturated carbocycles. The number of pyridine rings is 1. The van der Waals surface area contributed by atoms with E-state index >= 15 is 0 Å². The van der Waals surface area contributed by atoms with E-state index in [-0.39, 0.29) is 5.91 Å². The van der Waals surface area contributed by atoms with Crippen LogP contribution >= 0.6 is 0 Å². The molecule has 3 aromatic carbocycles. The summed E-state index contributed by atoms with van der Waals surface area (Å²) in [5, 5.41) is 6.92. The Balaban J connectivity index is 1.44. The summed E-state index contributed by atoms with van der Waals surface area (Å²) in [7, 11) is 4.16. The molecule has 1 saturated heterocycles. The van der Waals surface area contributed by atoms with Crippen LogP contribution in [0.15, 0.2) is 72.9 Å². The van der Waals surface area contributed by atoms with Gasteiger partial charge in [0.1, 0.15) is 0 Å². The number of ether oxygens (including phenoxy) is 1. The molecule has 1 amide bonds. The molecular weight excluding hydrogens is 474 g/mol. The molecule has 0 aliphatic carbocycles. The number of rotatable bonds is 5. The Kier molecular flexibility index (Phi) is 6.39. The molecule has 6 rings (SSSR count). The molecule has 1 aliphatic heterocycles. The summed E-state index contributed by atoms with van der Waals surface area (Å²) in [6.07, 6.45) is 1.90. The SMILES string of the molecule is Cc1nn(-c2cccc(C(=O)N3CCOCC3)c2)c2c1cnc1ccc(-c3ccc(CN(C)C)cc3)cc12. The fourth-order valence-electron chi connectivity index (χ4n) is 5.18. The van der Waals surface area contributed by atoms with E-state index in [1.807, 2.05) is 47.0 Å². The Morgan fingerprint density at radius 1 is 0.947 bits per heavy atom. The van der Waals surface area contributed by atoms with Crippen LogP contribution in [0.1, 0.15) is 21.6 Å². The third-order valence-corrected chi connectivity index (χ3v) is 7.11. The van der Waals surface area contributed by atoms with Crippen LogP contribution in [0.2, 0.25) is 0 Å². The first-order valence-electron chi connectivity index (χ1n) is 13.0. The summed E-state index contributed by atoms with van der Waals surface area (Å²) in [5.41, 5.74) is 7.89. The molecule has 0 N–H and O–H groups in total. The maximum absolute atomic E-state index is 13.2. The van der Waals surface area contributed by atoms with Crippen LogP contribution in [0, 0.1) is 6.92 Å². The molecule has 3 heterocycles. The van der Waals surface area contributed by atoms with Gasteiger partial charge in [0.2, 0.25) is 0 Å². The monoisotopic (exact) mass is 505 g/mol. The number of hydrogen-bond acceptors (Lipinski definition) is 5. The highest BCUT2D eigenvalue weighted by atomic mass is 16.5. The van der Waals surface area contributed by atoms with Crippen LogP contribution in [-0.4, -0.2) is 70.9 Å². The Morgan fingerprint density at radius 3 is 2.47 bits per heavy atom. The van der Waals surface area contributed by atoms with Crippen LogP contribution in [0.25, 0.3) is 38.6 Å². The smallest absolute Gasteiger partial charge is 0.254 e. The molecule has 1 fully saturated rings. The number of nitrogens with zero attached hydrogens (tertiary/aromatic N) is 5. The largest absolute Gasteiger partial charge is 0.378 e. The summed E-state index contributed by atoms with van der Waals surface area (Å²) in [4.78, 5) is 21.9. The lowest BCUT2D eigenvalue weighted by molar-refractivity contribution is 0.0303. The van der Waals surface area contributed by atoms with Crippen LogP contribution in [0.3, 0.4) is 0 Å². The lowest BCUT2D eigenvalue weighted by atomic mass is 10.0. The first-order chi connectivity index (χ1) is 18.5. The van der Waals surface area contributed by atoms with Gasteiger partial charge in [0.25, 0.3) is 5.91 Å². The van der Waals surface area contributed by atoms with E-state index < -0.39 is 0 Å². The number of fused-ring (bicyclic) bond motifs is 3. The minimum Gasteiger partial charge on any atom is -0.378 e. The first kappa shape index (κ1) is 24.3. The molecule has 2 aromatic heterocycles. The zero-order chi connectivity index (χ0) is 26.2. The second kappa shape index (κ2) is 10.0. The first-order valence-corrected chi connectivity index (χ1v) is 13.0. The van der Waals surface area contributed by atoms with E-state index in [4.69, 9.17) is 14.8 Å². The van der Waals surface area contributed by atoms with Gasteiger partial charge in [-0.3, -0.25) is 9.78 Å². The summed E-state index contributed by atoms with van der Waals surface area (Å²) in [5.74, 6) is 0.0230. The molecule has 0 radical (unpaired) electrons. The zero-order valence-electron chi connectivity index (χ0n) is 22.0. The molecule has 1 aliphatic rings. The van der Waals surface area contributed by atoms with Gasteiger partial charge in [-0.25, -0.2) is 4.68 Å².